The zero-order valence-corrected chi connectivity index (χ0v) is 10.9. The third-order valence-electron chi connectivity index (χ3n) is 2.98. The number of ketones is 1. The third kappa shape index (κ3) is 2.01. The summed E-state index contributed by atoms with van der Waals surface area (Å²) in [5, 5.41) is 0. The van der Waals surface area contributed by atoms with E-state index in [-0.39, 0.29) is 11.5 Å². The summed E-state index contributed by atoms with van der Waals surface area (Å²) in [5.74, 6) is -1.28. The lowest BCUT2D eigenvalue weighted by atomic mass is 10.1. The van der Waals surface area contributed by atoms with E-state index in [1.165, 1.54) is 11.0 Å². The molecule has 3 nitrogen and oxygen atoms in total. The second-order valence-corrected chi connectivity index (χ2v) is 4.93. The van der Waals surface area contributed by atoms with Gasteiger partial charge in [-0.05, 0) is 30.5 Å². The van der Waals surface area contributed by atoms with Crippen molar-refractivity contribution in [3.8, 4) is 0 Å². The molecule has 0 spiro atoms. The van der Waals surface area contributed by atoms with Crippen LogP contribution in [-0.2, 0) is 4.79 Å². The van der Waals surface area contributed by atoms with Crippen LogP contribution in [0.5, 0.6) is 0 Å². The lowest BCUT2D eigenvalue weighted by Crippen LogP contribution is -2.34. The van der Waals surface area contributed by atoms with E-state index in [4.69, 9.17) is 11.6 Å². The fourth-order valence-electron chi connectivity index (χ4n) is 2.14. The van der Waals surface area contributed by atoms with Crippen LogP contribution in [0.15, 0.2) is 12.1 Å². The Morgan fingerprint density at radius 3 is 2.67 bits per heavy atom. The second kappa shape index (κ2) is 4.69. The van der Waals surface area contributed by atoms with Crippen molar-refractivity contribution in [2.24, 2.45) is 5.92 Å². The van der Waals surface area contributed by atoms with Gasteiger partial charge in [-0.1, -0.05) is 6.92 Å². The van der Waals surface area contributed by atoms with Crippen molar-refractivity contribution >= 4 is 29.0 Å². The Kier molecular flexibility index (Phi) is 3.39. The summed E-state index contributed by atoms with van der Waals surface area (Å²) in [4.78, 5) is 25.1. The predicted octanol–water partition coefficient (Wildman–Crippen LogP) is 2.54. The van der Waals surface area contributed by atoms with Crippen LogP contribution in [0, 0.1) is 18.7 Å². The number of Topliss-reactive ketones (excluding diaryl/α,β-unsaturated/α-hetero) is 1. The Labute approximate surface area is 110 Å². The van der Waals surface area contributed by atoms with E-state index in [2.05, 4.69) is 0 Å². The molecule has 1 aliphatic rings. The number of amides is 1. The van der Waals surface area contributed by atoms with Gasteiger partial charge in [0.25, 0.3) is 11.7 Å². The maximum Gasteiger partial charge on any atom is 0.299 e. The predicted molar refractivity (Wildman–Crippen MR) is 67.7 cm³/mol. The van der Waals surface area contributed by atoms with Crippen LogP contribution in [0.2, 0.25) is 0 Å². The van der Waals surface area contributed by atoms with E-state index in [0.717, 1.165) is 6.07 Å². The molecule has 0 aliphatic carbocycles. The van der Waals surface area contributed by atoms with E-state index >= 15 is 0 Å². The first-order valence-corrected chi connectivity index (χ1v) is 6.21. The van der Waals surface area contributed by atoms with Gasteiger partial charge in [0.1, 0.15) is 5.82 Å². The van der Waals surface area contributed by atoms with Gasteiger partial charge in [-0.3, -0.25) is 9.59 Å². The number of nitrogens with zero attached hydrogens (tertiary/aromatic N) is 1. The SMILES string of the molecule is Cc1cc(F)cc2c1N(CC(C)CCl)C(=O)C2=O. The van der Waals surface area contributed by atoms with Gasteiger partial charge in [-0.15, -0.1) is 11.6 Å². The minimum absolute atomic E-state index is 0.0684. The summed E-state index contributed by atoms with van der Waals surface area (Å²) in [5.41, 5.74) is 1.26. The van der Waals surface area contributed by atoms with Crippen LogP contribution >= 0.6 is 11.6 Å². The number of halogens is 2. The maximum absolute atomic E-state index is 13.3. The molecule has 0 saturated carbocycles. The summed E-state index contributed by atoms with van der Waals surface area (Å²) < 4.78 is 13.3. The molecule has 0 radical (unpaired) electrons. The van der Waals surface area contributed by atoms with E-state index in [1.54, 1.807) is 6.92 Å². The van der Waals surface area contributed by atoms with Crippen molar-refractivity contribution in [2.45, 2.75) is 13.8 Å². The van der Waals surface area contributed by atoms with E-state index in [9.17, 15) is 14.0 Å². The number of anilines is 1. The first kappa shape index (κ1) is 13.0. The molecule has 0 fully saturated rings. The summed E-state index contributed by atoms with van der Waals surface area (Å²) in [6.45, 7) is 3.95. The highest BCUT2D eigenvalue weighted by atomic mass is 35.5. The molecule has 1 heterocycles. The summed E-state index contributed by atoms with van der Waals surface area (Å²) in [7, 11) is 0. The number of alkyl halides is 1. The number of carbonyl (C=O) groups is 2. The van der Waals surface area contributed by atoms with E-state index in [1.807, 2.05) is 6.92 Å². The van der Waals surface area contributed by atoms with Gasteiger partial charge in [0.2, 0.25) is 0 Å². The molecule has 1 unspecified atom stereocenters. The molecule has 0 saturated heterocycles. The Bertz CT molecular complexity index is 530. The fraction of sp³-hybridized carbons (Fsp3) is 0.385. The van der Waals surface area contributed by atoms with Crippen molar-refractivity contribution in [1.29, 1.82) is 0 Å². The topological polar surface area (TPSA) is 37.4 Å². The Balaban J connectivity index is 2.48. The number of rotatable bonds is 3. The normalized spacial score (nSPS) is 16.1. The van der Waals surface area contributed by atoms with Crippen molar-refractivity contribution < 1.29 is 14.0 Å². The molecule has 1 amide bonds. The molecule has 1 aliphatic heterocycles. The van der Waals surface area contributed by atoms with Crippen LogP contribution in [0.3, 0.4) is 0 Å². The zero-order valence-electron chi connectivity index (χ0n) is 10.2. The van der Waals surface area contributed by atoms with E-state index in [0.29, 0.717) is 23.7 Å². The molecule has 2 rings (SSSR count). The van der Waals surface area contributed by atoms with Gasteiger partial charge in [0, 0.05) is 12.4 Å². The first-order chi connectivity index (χ1) is 8.45. The molecule has 1 atom stereocenters. The molecule has 1 aromatic rings. The van der Waals surface area contributed by atoms with Gasteiger partial charge >= 0.3 is 0 Å². The van der Waals surface area contributed by atoms with Gasteiger partial charge < -0.3 is 4.90 Å². The van der Waals surface area contributed by atoms with Crippen molar-refractivity contribution in [3.05, 3.63) is 29.1 Å². The van der Waals surface area contributed by atoms with Crippen molar-refractivity contribution in [3.63, 3.8) is 0 Å². The highest BCUT2D eigenvalue weighted by Crippen LogP contribution is 2.33. The first-order valence-electron chi connectivity index (χ1n) is 5.68. The summed E-state index contributed by atoms with van der Waals surface area (Å²) in [6.07, 6.45) is 0. The molecule has 0 bridgehead atoms. The fourth-order valence-corrected chi connectivity index (χ4v) is 2.24. The Morgan fingerprint density at radius 1 is 1.39 bits per heavy atom. The van der Waals surface area contributed by atoms with Gasteiger partial charge in [0.05, 0.1) is 11.3 Å². The number of benzene rings is 1. The monoisotopic (exact) mass is 269 g/mol. The van der Waals surface area contributed by atoms with Crippen LogP contribution in [-0.4, -0.2) is 24.1 Å². The van der Waals surface area contributed by atoms with Crippen LogP contribution in [0.25, 0.3) is 0 Å². The van der Waals surface area contributed by atoms with Crippen molar-refractivity contribution in [1.82, 2.24) is 0 Å². The molecule has 1 aromatic carbocycles. The van der Waals surface area contributed by atoms with Crippen LogP contribution < -0.4 is 4.90 Å². The molecular weight excluding hydrogens is 257 g/mol. The standard InChI is InChI=1S/C13H13ClFNO2/c1-7(5-14)6-16-11-8(2)3-9(15)4-10(11)12(17)13(16)18/h3-4,7H,5-6H2,1-2H3. The van der Waals surface area contributed by atoms with Gasteiger partial charge in [-0.2, -0.15) is 0 Å². The number of carbonyl (C=O) groups excluding carboxylic acids is 2. The van der Waals surface area contributed by atoms with E-state index < -0.39 is 17.5 Å². The highest BCUT2D eigenvalue weighted by Gasteiger charge is 2.37. The maximum atomic E-state index is 13.3. The van der Waals surface area contributed by atoms with Gasteiger partial charge in [-0.25, -0.2) is 4.39 Å². The number of fused-ring (bicyclic) bond motifs is 1. The second-order valence-electron chi connectivity index (χ2n) is 4.62. The molecule has 0 aromatic heterocycles. The van der Waals surface area contributed by atoms with Crippen molar-refractivity contribution in [2.75, 3.05) is 17.3 Å². The molecule has 18 heavy (non-hydrogen) atoms. The summed E-state index contributed by atoms with van der Waals surface area (Å²) >= 11 is 5.72. The quantitative estimate of drug-likeness (QED) is 0.625. The summed E-state index contributed by atoms with van der Waals surface area (Å²) in [6, 6.07) is 2.44. The van der Waals surface area contributed by atoms with Crippen LogP contribution in [0.1, 0.15) is 22.8 Å². The minimum Gasteiger partial charge on any atom is -0.304 e. The molecule has 5 heteroatoms. The smallest absolute Gasteiger partial charge is 0.299 e. The Hall–Kier alpha value is -1.42. The average Bonchev–Trinajstić information content (AvgIpc) is 2.54. The lowest BCUT2D eigenvalue weighted by molar-refractivity contribution is -0.114. The lowest BCUT2D eigenvalue weighted by Gasteiger charge is -2.21. The van der Waals surface area contributed by atoms with Crippen LogP contribution in [0.4, 0.5) is 10.1 Å². The Morgan fingerprint density at radius 2 is 2.06 bits per heavy atom. The third-order valence-corrected chi connectivity index (χ3v) is 3.50. The largest absolute Gasteiger partial charge is 0.304 e. The molecule has 0 N–H and O–H groups in total. The zero-order chi connectivity index (χ0) is 13.4. The highest BCUT2D eigenvalue weighted by molar-refractivity contribution is 6.52. The molecular formula is C13H13ClFNO2. The number of hydrogen-bond donors (Lipinski definition) is 0. The van der Waals surface area contributed by atoms with Gasteiger partial charge in [0.15, 0.2) is 0 Å². The average molecular weight is 270 g/mol. The minimum atomic E-state index is -0.644. The molecule has 96 valence electrons. The number of hydrogen-bond acceptors (Lipinski definition) is 2. The number of aryl methyl sites for hydroxylation is 1.